The van der Waals surface area contributed by atoms with E-state index < -0.39 is 0 Å². The van der Waals surface area contributed by atoms with Crippen LogP contribution >= 0.6 is 0 Å². The summed E-state index contributed by atoms with van der Waals surface area (Å²) in [6.45, 7) is 1.02. The lowest BCUT2D eigenvalue weighted by molar-refractivity contribution is -0.121. The number of benzene rings is 1. The van der Waals surface area contributed by atoms with Crippen molar-refractivity contribution in [3.8, 4) is 5.75 Å². The summed E-state index contributed by atoms with van der Waals surface area (Å²) >= 11 is 0. The summed E-state index contributed by atoms with van der Waals surface area (Å²) in [5, 5.41) is 2.94. The number of nitrogens with one attached hydrogen (secondary N) is 1. The van der Waals surface area contributed by atoms with Crippen LogP contribution in [-0.4, -0.2) is 32.3 Å². The number of nitrogens with two attached hydrogens (primary N) is 1. The van der Waals surface area contributed by atoms with Crippen LogP contribution in [0.3, 0.4) is 0 Å². The fourth-order valence-corrected chi connectivity index (χ4v) is 2.63. The highest BCUT2D eigenvalue weighted by atomic mass is 16.5. The van der Waals surface area contributed by atoms with E-state index in [0.29, 0.717) is 13.2 Å². The van der Waals surface area contributed by atoms with Crippen LogP contribution in [0.2, 0.25) is 0 Å². The summed E-state index contributed by atoms with van der Waals surface area (Å²) in [4.78, 5) is 12.3. The molecule has 1 aromatic rings. The van der Waals surface area contributed by atoms with Gasteiger partial charge in [0.2, 0.25) is 5.91 Å². The van der Waals surface area contributed by atoms with Crippen LogP contribution in [0.4, 0.5) is 5.69 Å². The molecule has 0 radical (unpaired) electrons. The zero-order valence-corrected chi connectivity index (χ0v) is 12.5. The monoisotopic (exact) mass is 292 g/mol. The average molecular weight is 292 g/mol. The van der Waals surface area contributed by atoms with Crippen LogP contribution in [0.1, 0.15) is 25.7 Å². The fourth-order valence-electron chi connectivity index (χ4n) is 2.63. The van der Waals surface area contributed by atoms with Gasteiger partial charge in [0.1, 0.15) is 12.4 Å². The van der Waals surface area contributed by atoms with Crippen molar-refractivity contribution < 1.29 is 14.3 Å². The zero-order chi connectivity index (χ0) is 15.1. The molecule has 1 saturated carbocycles. The van der Waals surface area contributed by atoms with Gasteiger partial charge in [0.25, 0.3) is 0 Å². The van der Waals surface area contributed by atoms with Crippen molar-refractivity contribution in [1.29, 1.82) is 0 Å². The van der Waals surface area contributed by atoms with Gasteiger partial charge in [-0.2, -0.15) is 0 Å². The molecular weight excluding hydrogens is 268 g/mol. The summed E-state index contributed by atoms with van der Waals surface area (Å²) in [5.74, 6) is 0.644. The van der Waals surface area contributed by atoms with Crippen LogP contribution in [0.15, 0.2) is 24.3 Å². The fraction of sp³-hybridized carbons (Fsp3) is 0.562. The van der Waals surface area contributed by atoms with Gasteiger partial charge in [-0.05, 0) is 25.0 Å². The van der Waals surface area contributed by atoms with Gasteiger partial charge in [-0.3, -0.25) is 4.79 Å². The normalized spacial score (nSPS) is 21.8. The van der Waals surface area contributed by atoms with Crippen molar-refractivity contribution in [2.45, 2.75) is 31.7 Å². The van der Waals surface area contributed by atoms with E-state index in [1.54, 1.807) is 7.11 Å². The number of carbonyl (C=O) groups is 1. The minimum Gasteiger partial charge on any atom is -0.491 e. The lowest BCUT2D eigenvalue weighted by Gasteiger charge is -2.27. The SMILES string of the molecule is COCCOc1cccc(NC(=O)C2CCCCC2N)c1. The van der Waals surface area contributed by atoms with E-state index in [1.807, 2.05) is 24.3 Å². The van der Waals surface area contributed by atoms with E-state index in [2.05, 4.69) is 5.32 Å². The molecule has 2 rings (SSSR count). The molecule has 0 bridgehead atoms. The Kier molecular flexibility index (Phi) is 6.02. The predicted octanol–water partition coefficient (Wildman–Crippen LogP) is 2.17. The van der Waals surface area contributed by atoms with Gasteiger partial charge in [-0.1, -0.05) is 18.9 Å². The summed E-state index contributed by atoms with van der Waals surface area (Å²) in [6, 6.07) is 7.37. The zero-order valence-electron chi connectivity index (χ0n) is 12.5. The molecule has 0 heterocycles. The number of amides is 1. The Morgan fingerprint density at radius 2 is 2.14 bits per heavy atom. The maximum absolute atomic E-state index is 12.3. The van der Waals surface area contributed by atoms with Crippen molar-refractivity contribution in [2.75, 3.05) is 25.6 Å². The van der Waals surface area contributed by atoms with Crippen LogP contribution in [0.5, 0.6) is 5.75 Å². The minimum absolute atomic E-state index is 0.0104. The van der Waals surface area contributed by atoms with Crippen molar-refractivity contribution in [3.63, 3.8) is 0 Å². The molecule has 21 heavy (non-hydrogen) atoms. The molecule has 0 aliphatic heterocycles. The van der Waals surface area contributed by atoms with Crippen LogP contribution in [0.25, 0.3) is 0 Å². The highest BCUT2D eigenvalue weighted by molar-refractivity contribution is 5.93. The number of hydrogen-bond acceptors (Lipinski definition) is 4. The van der Waals surface area contributed by atoms with Crippen LogP contribution in [0, 0.1) is 5.92 Å². The van der Waals surface area contributed by atoms with E-state index in [1.165, 1.54) is 0 Å². The molecule has 2 unspecified atom stereocenters. The molecule has 1 amide bonds. The molecular formula is C16H24N2O3. The largest absolute Gasteiger partial charge is 0.491 e. The molecule has 5 nitrogen and oxygen atoms in total. The maximum atomic E-state index is 12.3. The first-order valence-electron chi connectivity index (χ1n) is 7.49. The van der Waals surface area contributed by atoms with E-state index in [9.17, 15) is 4.79 Å². The molecule has 1 aliphatic carbocycles. The van der Waals surface area contributed by atoms with Crippen LogP contribution < -0.4 is 15.8 Å². The molecule has 3 N–H and O–H groups in total. The highest BCUT2D eigenvalue weighted by Gasteiger charge is 2.28. The summed E-state index contributed by atoms with van der Waals surface area (Å²) in [5.41, 5.74) is 6.79. The van der Waals surface area contributed by atoms with Crippen molar-refractivity contribution >= 4 is 11.6 Å². The first-order valence-corrected chi connectivity index (χ1v) is 7.49. The van der Waals surface area contributed by atoms with Gasteiger partial charge < -0.3 is 20.5 Å². The van der Waals surface area contributed by atoms with Crippen molar-refractivity contribution in [2.24, 2.45) is 11.7 Å². The molecule has 0 saturated heterocycles. The van der Waals surface area contributed by atoms with Gasteiger partial charge >= 0.3 is 0 Å². The smallest absolute Gasteiger partial charge is 0.229 e. The Hall–Kier alpha value is -1.59. The number of hydrogen-bond donors (Lipinski definition) is 2. The second-order valence-electron chi connectivity index (χ2n) is 5.41. The predicted molar refractivity (Wildman–Crippen MR) is 82.4 cm³/mol. The molecule has 116 valence electrons. The van der Waals surface area contributed by atoms with Gasteiger partial charge in [-0.15, -0.1) is 0 Å². The van der Waals surface area contributed by atoms with Crippen molar-refractivity contribution in [3.05, 3.63) is 24.3 Å². The number of anilines is 1. The molecule has 0 aromatic heterocycles. The highest BCUT2D eigenvalue weighted by Crippen LogP contribution is 2.25. The summed E-state index contributed by atoms with van der Waals surface area (Å²) in [7, 11) is 1.63. The molecule has 2 atom stereocenters. The molecule has 1 aliphatic rings. The lowest BCUT2D eigenvalue weighted by atomic mass is 9.84. The second kappa shape index (κ2) is 8.00. The van der Waals surface area contributed by atoms with E-state index in [4.69, 9.17) is 15.2 Å². The van der Waals surface area contributed by atoms with E-state index in [-0.39, 0.29) is 17.9 Å². The van der Waals surface area contributed by atoms with Crippen LogP contribution in [-0.2, 0) is 9.53 Å². The first kappa shape index (κ1) is 15.8. The molecule has 1 aromatic carbocycles. The number of rotatable bonds is 6. The first-order chi connectivity index (χ1) is 10.2. The topological polar surface area (TPSA) is 73.6 Å². The standard InChI is InChI=1S/C16H24N2O3/c1-20-9-10-21-13-6-4-5-12(11-13)18-16(19)14-7-2-3-8-15(14)17/h4-6,11,14-15H,2-3,7-10,17H2,1H3,(H,18,19). The maximum Gasteiger partial charge on any atom is 0.229 e. The second-order valence-corrected chi connectivity index (χ2v) is 5.41. The van der Waals surface area contributed by atoms with Gasteiger partial charge in [0, 0.05) is 24.9 Å². The number of carbonyl (C=O) groups excluding carboxylic acids is 1. The lowest BCUT2D eigenvalue weighted by Crippen LogP contribution is -2.40. The third kappa shape index (κ3) is 4.72. The summed E-state index contributed by atoms with van der Waals surface area (Å²) < 4.78 is 10.5. The Labute approximate surface area is 125 Å². The summed E-state index contributed by atoms with van der Waals surface area (Å²) in [6.07, 6.45) is 4.00. The third-order valence-corrected chi connectivity index (χ3v) is 3.81. The van der Waals surface area contributed by atoms with Gasteiger partial charge in [0.05, 0.1) is 12.5 Å². The molecule has 0 spiro atoms. The van der Waals surface area contributed by atoms with Crippen molar-refractivity contribution in [1.82, 2.24) is 0 Å². The quantitative estimate of drug-likeness (QED) is 0.788. The average Bonchev–Trinajstić information content (AvgIpc) is 2.48. The molecule has 1 fully saturated rings. The van der Waals surface area contributed by atoms with Gasteiger partial charge in [-0.25, -0.2) is 0 Å². The minimum atomic E-state index is -0.0863. The Bertz CT molecular complexity index is 465. The Morgan fingerprint density at radius 3 is 2.90 bits per heavy atom. The Balaban J connectivity index is 1.92. The molecule has 5 heteroatoms. The van der Waals surface area contributed by atoms with E-state index >= 15 is 0 Å². The third-order valence-electron chi connectivity index (χ3n) is 3.81. The van der Waals surface area contributed by atoms with E-state index in [0.717, 1.165) is 37.1 Å². The van der Waals surface area contributed by atoms with Gasteiger partial charge in [0.15, 0.2) is 0 Å². The Morgan fingerprint density at radius 1 is 1.33 bits per heavy atom. The number of ether oxygens (including phenoxy) is 2. The number of methoxy groups -OCH3 is 1.